The number of hydrogen-bond acceptors (Lipinski definition) is 5. The second-order valence-electron chi connectivity index (χ2n) is 6.01. The summed E-state index contributed by atoms with van der Waals surface area (Å²) in [6, 6.07) is 0. The number of piperazine rings is 1. The van der Waals surface area contributed by atoms with Crippen molar-refractivity contribution in [1.29, 1.82) is 0 Å². The molecule has 2 aliphatic heterocycles. The van der Waals surface area contributed by atoms with Crippen LogP contribution >= 0.6 is 0 Å². The normalized spacial score (nSPS) is 22.7. The van der Waals surface area contributed by atoms with E-state index in [-0.39, 0.29) is 5.91 Å². The van der Waals surface area contributed by atoms with E-state index in [4.69, 9.17) is 4.74 Å². The van der Waals surface area contributed by atoms with Crippen LogP contribution in [0.2, 0.25) is 0 Å². The fourth-order valence-electron chi connectivity index (χ4n) is 2.74. The summed E-state index contributed by atoms with van der Waals surface area (Å²) in [6.07, 6.45) is 0. The van der Waals surface area contributed by atoms with Gasteiger partial charge in [0, 0.05) is 52.4 Å². The lowest BCUT2D eigenvalue weighted by Crippen LogP contribution is -2.60. The van der Waals surface area contributed by atoms with Crippen LogP contribution in [0.15, 0.2) is 0 Å². The quantitative estimate of drug-likeness (QED) is 0.686. The first-order valence-electron chi connectivity index (χ1n) is 7.65. The van der Waals surface area contributed by atoms with Gasteiger partial charge in [-0.1, -0.05) is 0 Å². The molecule has 6 nitrogen and oxygen atoms in total. The molecule has 0 aliphatic carbocycles. The van der Waals surface area contributed by atoms with Gasteiger partial charge in [0.05, 0.1) is 18.8 Å². The summed E-state index contributed by atoms with van der Waals surface area (Å²) in [5, 5.41) is 6.40. The Bertz CT molecular complexity index is 310. The number of morpholine rings is 1. The highest BCUT2D eigenvalue weighted by atomic mass is 16.5. The monoisotopic (exact) mass is 284 g/mol. The van der Waals surface area contributed by atoms with Crippen molar-refractivity contribution < 1.29 is 9.53 Å². The smallest absolute Gasteiger partial charge is 0.239 e. The molecule has 0 aromatic carbocycles. The highest BCUT2D eigenvalue weighted by Gasteiger charge is 2.34. The van der Waals surface area contributed by atoms with E-state index in [0.717, 1.165) is 59.0 Å². The standard InChI is InChI=1S/C14H28N4O2/c1-14(2,18-7-3-15-4-8-18)13(19)16-5-6-17-9-11-20-12-10-17/h15H,3-12H2,1-2H3,(H,16,19). The van der Waals surface area contributed by atoms with Crippen LogP contribution < -0.4 is 10.6 Å². The number of rotatable bonds is 5. The van der Waals surface area contributed by atoms with E-state index in [1.165, 1.54) is 0 Å². The number of amides is 1. The molecule has 0 unspecified atom stereocenters. The molecular formula is C14H28N4O2. The van der Waals surface area contributed by atoms with Crippen molar-refractivity contribution in [3.05, 3.63) is 0 Å². The molecule has 116 valence electrons. The second kappa shape index (κ2) is 7.36. The van der Waals surface area contributed by atoms with Crippen LogP contribution in [0, 0.1) is 0 Å². The van der Waals surface area contributed by atoms with Gasteiger partial charge in [-0.3, -0.25) is 14.6 Å². The molecule has 2 heterocycles. The Hall–Kier alpha value is -0.690. The molecule has 2 aliphatic rings. The van der Waals surface area contributed by atoms with E-state index in [2.05, 4.69) is 20.4 Å². The Morgan fingerprint density at radius 3 is 2.50 bits per heavy atom. The summed E-state index contributed by atoms with van der Waals surface area (Å²) in [7, 11) is 0. The van der Waals surface area contributed by atoms with Crippen molar-refractivity contribution >= 4 is 5.91 Å². The number of carbonyl (C=O) groups is 1. The molecule has 6 heteroatoms. The molecule has 0 atom stereocenters. The lowest BCUT2D eigenvalue weighted by Gasteiger charge is -2.40. The number of nitrogens with zero attached hydrogens (tertiary/aromatic N) is 2. The predicted octanol–water partition coefficient (Wildman–Crippen LogP) is -0.881. The fourth-order valence-corrected chi connectivity index (χ4v) is 2.74. The van der Waals surface area contributed by atoms with Gasteiger partial charge in [-0.05, 0) is 13.8 Å². The van der Waals surface area contributed by atoms with Crippen molar-refractivity contribution in [2.24, 2.45) is 0 Å². The third-order valence-electron chi connectivity index (χ3n) is 4.28. The first-order valence-corrected chi connectivity index (χ1v) is 7.65. The van der Waals surface area contributed by atoms with Crippen LogP contribution in [0.3, 0.4) is 0 Å². The van der Waals surface area contributed by atoms with Gasteiger partial charge in [0.25, 0.3) is 0 Å². The van der Waals surface area contributed by atoms with Crippen LogP contribution in [0.1, 0.15) is 13.8 Å². The van der Waals surface area contributed by atoms with Gasteiger partial charge < -0.3 is 15.4 Å². The molecule has 20 heavy (non-hydrogen) atoms. The molecule has 0 radical (unpaired) electrons. The Kier molecular flexibility index (Phi) is 5.77. The van der Waals surface area contributed by atoms with E-state index in [0.29, 0.717) is 6.54 Å². The summed E-state index contributed by atoms with van der Waals surface area (Å²) >= 11 is 0. The van der Waals surface area contributed by atoms with Gasteiger partial charge >= 0.3 is 0 Å². The van der Waals surface area contributed by atoms with Gasteiger partial charge in [0.15, 0.2) is 0 Å². The van der Waals surface area contributed by atoms with Crippen LogP contribution in [-0.2, 0) is 9.53 Å². The summed E-state index contributed by atoms with van der Waals surface area (Å²) in [4.78, 5) is 17.0. The molecule has 2 N–H and O–H groups in total. The molecule has 0 saturated carbocycles. The van der Waals surface area contributed by atoms with E-state index >= 15 is 0 Å². The molecule has 2 rings (SSSR count). The number of carbonyl (C=O) groups excluding carboxylic acids is 1. The van der Waals surface area contributed by atoms with Crippen LogP contribution in [0.5, 0.6) is 0 Å². The first-order chi connectivity index (χ1) is 9.60. The SMILES string of the molecule is CC(C)(C(=O)NCCN1CCOCC1)N1CCNCC1. The lowest BCUT2D eigenvalue weighted by molar-refractivity contribution is -0.132. The molecule has 0 aromatic rings. The van der Waals surface area contributed by atoms with Gasteiger partial charge in [0.1, 0.15) is 0 Å². The molecule has 0 spiro atoms. The molecule has 1 amide bonds. The van der Waals surface area contributed by atoms with E-state index in [1.54, 1.807) is 0 Å². The minimum atomic E-state index is -0.424. The van der Waals surface area contributed by atoms with Gasteiger partial charge in [0.2, 0.25) is 5.91 Å². The maximum atomic E-state index is 12.4. The zero-order chi connectivity index (χ0) is 14.4. The largest absolute Gasteiger partial charge is 0.379 e. The Morgan fingerprint density at radius 2 is 1.85 bits per heavy atom. The molecule has 0 aromatic heterocycles. The Balaban J connectivity index is 1.72. The zero-order valence-electron chi connectivity index (χ0n) is 12.8. The average Bonchev–Trinajstić information content (AvgIpc) is 2.49. The molecule has 2 saturated heterocycles. The van der Waals surface area contributed by atoms with Crippen molar-refractivity contribution in [3.63, 3.8) is 0 Å². The number of ether oxygens (including phenoxy) is 1. The lowest BCUT2D eigenvalue weighted by atomic mass is 10.0. The van der Waals surface area contributed by atoms with Crippen molar-refractivity contribution in [2.75, 3.05) is 65.6 Å². The highest BCUT2D eigenvalue weighted by molar-refractivity contribution is 5.85. The van der Waals surface area contributed by atoms with Crippen LogP contribution in [0.25, 0.3) is 0 Å². The third-order valence-corrected chi connectivity index (χ3v) is 4.28. The number of hydrogen-bond donors (Lipinski definition) is 2. The van der Waals surface area contributed by atoms with Crippen molar-refractivity contribution in [1.82, 2.24) is 20.4 Å². The minimum Gasteiger partial charge on any atom is -0.379 e. The summed E-state index contributed by atoms with van der Waals surface area (Å²) < 4.78 is 5.32. The predicted molar refractivity (Wildman–Crippen MR) is 78.8 cm³/mol. The zero-order valence-corrected chi connectivity index (χ0v) is 12.8. The first kappa shape index (κ1) is 15.7. The minimum absolute atomic E-state index is 0.132. The molecule has 2 fully saturated rings. The summed E-state index contributed by atoms with van der Waals surface area (Å²) in [5.74, 6) is 0.132. The van der Waals surface area contributed by atoms with E-state index in [1.807, 2.05) is 13.8 Å². The number of nitrogens with one attached hydrogen (secondary N) is 2. The topological polar surface area (TPSA) is 56.8 Å². The Labute approximate surface area is 121 Å². The maximum absolute atomic E-state index is 12.4. The van der Waals surface area contributed by atoms with Gasteiger partial charge in [-0.2, -0.15) is 0 Å². The highest BCUT2D eigenvalue weighted by Crippen LogP contribution is 2.15. The van der Waals surface area contributed by atoms with Gasteiger partial charge in [-0.15, -0.1) is 0 Å². The van der Waals surface area contributed by atoms with Gasteiger partial charge in [-0.25, -0.2) is 0 Å². The van der Waals surface area contributed by atoms with E-state index in [9.17, 15) is 4.79 Å². The van der Waals surface area contributed by atoms with E-state index < -0.39 is 5.54 Å². The maximum Gasteiger partial charge on any atom is 0.239 e. The second-order valence-corrected chi connectivity index (χ2v) is 6.01. The van der Waals surface area contributed by atoms with Crippen LogP contribution in [0.4, 0.5) is 0 Å². The van der Waals surface area contributed by atoms with Crippen molar-refractivity contribution in [2.45, 2.75) is 19.4 Å². The fraction of sp³-hybridized carbons (Fsp3) is 0.929. The Morgan fingerprint density at radius 1 is 1.20 bits per heavy atom. The van der Waals surface area contributed by atoms with Crippen molar-refractivity contribution in [3.8, 4) is 0 Å². The third kappa shape index (κ3) is 4.15. The van der Waals surface area contributed by atoms with Crippen LogP contribution in [-0.4, -0.2) is 86.8 Å². The average molecular weight is 284 g/mol. The summed E-state index contributed by atoms with van der Waals surface area (Å²) in [6.45, 7) is 13.0. The molecule has 0 bridgehead atoms. The molecular weight excluding hydrogens is 256 g/mol. The summed E-state index contributed by atoms with van der Waals surface area (Å²) in [5.41, 5.74) is -0.424.